The molecule has 12 heteroatoms. The van der Waals surface area contributed by atoms with Crippen LogP contribution in [0.15, 0.2) is 52.4 Å². The Hall–Kier alpha value is -3.80. The lowest BCUT2D eigenvalue weighted by Crippen LogP contribution is -2.51. The van der Waals surface area contributed by atoms with Gasteiger partial charge in [-0.25, -0.2) is 17.6 Å². The number of carbonyl (C=O) groups is 2. The molecular weight excluding hydrogens is 471 g/mol. The summed E-state index contributed by atoms with van der Waals surface area (Å²) in [4.78, 5) is 25.2. The molecular formula is C22H23FN2O8S. The number of ether oxygens (including phenoxy) is 3. The molecule has 0 aromatic heterocycles. The summed E-state index contributed by atoms with van der Waals surface area (Å²) in [5, 5.41) is 15.9. The Morgan fingerprint density at radius 1 is 1.15 bits per heavy atom. The lowest BCUT2D eigenvalue weighted by atomic mass is 9.88. The summed E-state index contributed by atoms with van der Waals surface area (Å²) < 4.78 is 54.6. The topological polar surface area (TPSA) is 140 Å². The molecule has 1 saturated heterocycles. The summed E-state index contributed by atoms with van der Waals surface area (Å²) in [6.07, 6.45) is 0. The predicted molar refractivity (Wildman–Crippen MR) is 117 cm³/mol. The van der Waals surface area contributed by atoms with Gasteiger partial charge in [0, 0.05) is 5.70 Å². The van der Waals surface area contributed by atoms with Gasteiger partial charge in [-0.05, 0) is 48.9 Å². The highest BCUT2D eigenvalue weighted by molar-refractivity contribution is 7.94. The smallest absolute Gasteiger partial charge is 0.319 e. The number of nitrogens with one attached hydrogen (secondary N) is 2. The average molecular weight is 494 g/mol. The monoisotopic (exact) mass is 494 g/mol. The maximum absolute atomic E-state index is 13.3. The highest BCUT2D eigenvalue weighted by atomic mass is 32.2. The fourth-order valence-corrected chi connectivity index (χ4v) is 4.67. The van der Waals surface area contributed by atoms with E-state index in [4.69, 9.17) is 14.2 Å². The van der Waals surface area contributed by atoms with Crippen LogP contribution in [-0.4, -0.2) is 46.4 Å². The number of methoxy groups -OCH3 is 2. The quantitative estimate of drug-likeness (QED) is 0.394. The van der Waals surface area contributed by atoms with E-state index in [1.54, 1.807) is 6.92 Å². The van der Waals surface area contributed by atoms with E-state index >= 15 is 0 Å². The zero-order valence-corrected chi connectivity index (χ0v) is 19.3. The fourth-order valence-electron chi connectivity index (χ4n) is 3.48. The number of halogens is 1. The molecule has 1 aliphatic heterocycles. The van der Waals surface area contributed by atoms with Crippen molar-refractivity contribution in [1.82, 2.24) is 10.6 Å². The fraction of sp³-hybridized carbons (Fsp3) is 0.273. The van der Waals surface area contributed by atoms with Crippen LogP contribution in [0.4, 0.5) is 9.18 Å². The molecule has 1 heterocycles. The minimum Gasteiger partial charge on any atom is -0.502 e. The number of sulfone groups is 1. The third-order valence-corrected chi connectivity index (χ3v) is 6.53. The van der Waals surface area contributed by atoms with E-state index in [0.29, 0.717) is 0 Å². The second-order valence-corrected chi connectivity index (χ2v) is 8.95. The van der Waals surface area contributed by atoms with Gasteiger partial charge >= 0.3 is 12.0 Å². The van der Waals surface area contributed by atoms with Gasteiger partial charge in [0.15, 0.2) is 11.5 Å². The van der Waals surface area contributed by atoms with Crippen molar-refractivity contribution in [3.8, 4) is 17.2 Å². The summed E-state index contributed by atoms with van der Waals surface area (Å²) in [5.74, 6) is -3.03. The molecule has 1 aliphatic rings. The van der Waals surface area contributed by atoms with E-state index in [1.165, 1.54) is 26.4 Å². The Bertz CT molecular complexity index is 1200. The van der Waals surface area contributed by atoms with E-state index in [9.17, 15) is 27.5 Å². The lowest BCUT2D eigenvalue weighted by Gasteiger charge is -2.34. The molecule has 1 fully saturated rings. The third-order valence-electron chi connectivity index (χ3n) is 5.04. The lowest BCUT2D eigenvalue weighted by molar-refractivity contribution is -0.147. The Kier molecular flexibility index (Phi) is 7.30. The molecule has 2 aromatic carbocycles. The summed E-state index contributed by atoms with van der Waals surface area (Å²) in [7, 11) is -1.57. The normalized spacial score (nSPS) is 19.2. The van der Waals surface area contributed by atoms with Crippen molar-refractivity contribution in [2.24, 2.45) is 5.92 Å². The number of hydrogen-bond acceptors (Lipinski definition) is 8. The molecule has 0 saturated carbocycles. The second kappa shape index (κ2) is 10.00. The first-order valence-corrected chi connectivity index (χ1v) is 11.6. The molecule has 10 nitrogen and oxygen atoms in total. The van der Waals surface area contributed by atoms with Gasteiger partial charge in [-0.3, -0.25) is 4.79 Å². The maximum atomic E-state index is 13.3. The minimum absolute atomic E-state index is 0.00376. The molecule has 0 spiro atoms. The SMILES string of the molecule is CCOC(=O)[C@H]1/C(=C\S(=O)(=O)c2ccc(F)cc2)NC(=O)N[C@@H]1c1cc(OC)c(O)c(OC)c1. The van der Waals surface area contributed by atoms with Crippen LogP contribution >= 0.6 is 0 Å². The first-order chi connectivity index (χ1) is 16.1. The molecule has 0 bridgehead atoms. The van der Waals surface area contributed by atoms with Crippen LogP contribution < -0.4 is 20.1 Å². The first-order valence-electron chi connectivity index (χ1n) is 10.0. The largest absolute Gasteiger partial charge is 0.502 e. The van der Waals surface area contributed by atoms with Crippen LogP contribution in [0, 0.1) is 11.7 Å². The molecule has 0 aliphatic carbocycles. The summed E-state index contributed by atoms with van der Waals surface area (Å²) >= 11 is 0. The van der Waals surface area contributed by atoms with Gasteiger partial charge in [-0.1, -0.05) is 0 Å². The van der Waals surface area contributed by atoms with Crippen LogP contribution in [0.2, 0.25) is 0 Å². The van der Waals surface area contributed by atoms with E-state index in [1.807, 2.05) is 0 Å². The van der Waals surface area contributed by atoms with E-state index in [-0.39, 0.29) is 40.0 Å². The molecule has 3 N–H and O–H groups in total. The Morgan fingerprint density at radius 2 is 1.74 bits per heavy atom. The molecule has 2 atom stereocenters. The number of aromatic hydroxyl groups is 1. The van der Waals surface area contributed by atoms with Gasteiger partial charge in [0.1, 0.15) is 11.7 Å². The van der Waals surface area contributed by atoms with Crippen molar-refractivity contribution in [3.05, 3.63) is 58.9 Å². The molecule has 182 valence electrons. The molecule has 0 radical (unpaired) electrons. The van der Waals surface area contributed by atoms with Gasteiger partial charge in [-0.2, -0.15) is 0 Å². The Labute approximate surface area is 195 Å². The number of benzene rings is 2. The highest BCUT2D eigenvalue weighted by Crippen LogP contribution is 2.42. The van der Waals surface area contributed by atoms with Gasteiger partial charge < -0.3 is 30.0 Å². The highest BCUT2D eigenvalue weighted by Gasteiger charge is 2.41. The first kappa shape index (κ1) is 24.8. The maximum Gasteiger partial charge on any atom is 0.319 e. The summed E-state index contributed by atoms with van der Waals surface area (Å²) in [6.45, 7) is 1.57. The molecule has 2 amide bonds. The zero-order chi connectivity index (χ0) is 25.0. The van der Waals surface area contributed by atoms with Crippen LogP contribution in [-0.2, 0) is 19.4 Å². The Morgan fingerprint density at radius 3 is 2.26 bits per heavy atom. The van der Waals surface area contributed by atoms with E-state index < -0.39 is 39.6 Å². The van der Waals surface area contributed by atoms with Crippen molar-refractivity contribution in [2.45, 2.75) is 17.9 Å². The van der Waals surface area contributed by atoms with Crippen molar-refractivity contribution >= 4 is 21.8 Å². The molecule has 34 heavy (non-hydrogen) atoms. The Balaban J connectivity index is 2.16. The number of esters is 1. The van der Waals surface area contributed by atoms with E-state index in [2.05, 4.69) is 10.6 Å². The van der Waals surface area contributed by atoms with E-state index in [0.717, 1.165) is 29.7 Å². The number of carbonyl (C=O) groups excluding carboxylic acids is 2. The number of phenolic OH excluding ortho intramolecular Hbond substituents is 1. The third kappa shape index (κ3) is 5.06. The van der Waals surface area contributed by atoms with Crippen LogP contribution in [0.3, 0.4) is 0 Å². The number of urea groups is 1. The van der Waals surface area contributed by atoms with Crippen molar-refractivity contribution in [1.29, 1.82) is 0 Å². The van der Waals surface area contributed by atoms with Gasteiger partial charge in [0.05, 0.1) is 37.2 Å². The van der Waals surface area contributed by atoms with Gasteiger partial charge in [0.25, 0.3) is 0 Å². The minimum atomic E-state index is -4.19. The zero-order valence-electron chi connectivity index (χ0n) is 18.5. The van der Waals surface area contributed by atoms with Crippen LogP contribution in [0.25, 0.3) is 0 Å². The predicted octanol–water partition coefficient (Wildman–Crippen LogP) is 2.40. The van der Waals surface area contributed by atoms with Crippen LogP contribution in [0.1, 0.15) is 18.5 Å². The summed E-state index contributed by atoms with van der Waals surface area (Å²) in [6, 6.07) is 4.97. The van der Waals surface area contributed by atoms with Gasteiger partial charge in [0.2, 0.25) is 15.6 Å². The molecule has 0 unspecified atom stereocenters. The van der Waals surface area contributed by atoms with Crippen molar-refractivity contribution in [2.75, 3.05) is 20.8 Å². The number of hydrogen-bond donors (Lipinski definition) is 3. The molecule has 2 aromatic rings. The molecule has 3 rings (SSSR count). The van der Waals surface area contributed by atoms with Crippen molar-refractivity contribution < 1.29 is 41.7 Å². The van der Waals surface area contributed by atoms with Crippen molar-refractivity contribution in [3.63, 3.8) is 0 Å². The number of phenols is 1. The second-order valence-electron chi connectivity index (χ2n) is 7.15. The standard InChI is InChI=1S/C22H23FN2O8S/c1-4-33-21(27)18-15(11-34(29,30)14-7-5-13(23)6-8-14)24-22(28)25-19(18)12-9-16(31-2)20(26)17(10-12)32-3/h5-11,18-19,26H,4H2,1-3H3,(H2,24,25,28)/b15-11+/t18-,19+/m0/s1. The average Bonchev–Trinajstić information content (AvgIpc) is 2.79. The van der Waals surface area contributed by atoms with Gasteiger partial charge in [-0.15, -0.1) is 0 Å². The van der Waals surface area contributed by atoms with Crippen LogP contribution in [0.5, 0.6) is 17.2 Å². The number of rotatable bonds is 7. The number of amides is 2. The summed E-state index contributed by atoms with van der Waals surface area (Å²) in [5.41, 5.74) is 0.0343.